The molecular formula is C26H26F3N7O4. The highest BCUT2D eigenvalue weighted by molar-refractivity contribution is 5.94. The molecule has 0 spiro atoms. The van der Waals surface area contributed by atoms with Crippen LogP contribution < -0.4 is 16.6 Å². The van der Waals surface area contributed by atoms with Crippen LogP contribution in [-0.4, -0.2) is 42.0 Å². The second kappa shape index (κ2) is 12.0. The quantitative estimate of drug-likeness (QED) is 0.419. The Morgan fingerprint density at radius 3 is 2.40 bits per heavy atom. The number of aliphatic imine (C=N–C) groups is 1. The molecule has 0 unspecified atom stereocenters. The van der Waals surface area contributed by atoms with Crippen LogP contribution in [0.5, 0.6) is 0 Å². The number of nitrogens with zero attached hydrogens (tertiary/aromatic N) is 6. The molecule has 0 fully saturated rings. The molecule has 40 heavy (non-hydrogen) atoms. The number of pyridine rings is 1. The summed E-state index contributed by atoms with van der Waals surface area (Å²) in [4.78, 5) is 64.4. The SMILES string of the molecule is CC(=O)Cn1c(=O)c(C)c(/N=C\C(C)=C/[C@@H](C)C(=O)Nc2cccc(-c3cnc(C(F)(F)F)nc3)n2)n(C)c1=O. The second-order valence-electron chi connectivity index (χ2n) is 9.03. The molecule has 1 amide bonds. The van der Waals surface area contributed by atoms with Gasteiger partial charge in [-0.1, -0.05) is 19.1 Å². The Morgan fingerprint density at radius 1 is 1.15 bits per heavy atom. The number of hydrogen-bond acceptors (Lipinski definition) is 8. The van der Waals surface area contributed by atoms with Gasteiger partial charge in [-0.2, -0.15) is 13.2 Å². The Bertz CT molecular complexity index is 1580. The average molecular weight is 558 g/mol. The van der Waals surface area contributed by atoms with Crippen LogP contribution in [0.4, 0.5) is 24.8 Å². The van der Waals surface area contributed by atoms with Gasteiger partial charge in [-0.3, -0.25) is 23.5 Å². The van der Waals surface area contributed by atoms with E-state index in [0.717, 1.165) is 17.0 Å². The van der Waals surface area contributed by atoms with Gasteiger partial charge in [-0.15, -0.1) is 0 Å². The lowest BCUT2D eigenvalue weighted by atomic mass is 10.1. The zero-order valence-corrected chi connectivity index (χ0v) is 22.3. The van der Waals surface area contributed by atoms with Crippen molar-refractivity contribution in [1.29, 1.82) is 0 Å². The summed E-state index contributed by atoms with van der Waals surface area (Å²) in [6, 6.07) is 4.64. The largest absolute Gasteiger partial charge is 0.451 e. The van der Waals surface area contributed by atoms with Gasteiger partial charge in [-0.25, -0.2) is 24.7 Å². The van der Waals surface area contributed by atoms with Crippen molar-refractivity contribution in [3.63, 3.8) is 0 Å². The number of aromatic nitrogens is 5. The van der Waals surface area contributed by atoms with Gasteiger partial charge < -0.3 is 5.32 Å². The average Bonchev–Trinajstić information content (AvgIpc) is 2.89. The molecule has 210 valence electrons. The molecule has 3 rings (SSSR count). The van der Waals surface area contributed by atoms with Gasteiger partial charge in [0, 0.05) is 31.2 Å². The van der Waals surface area contributed by atoms with Crippen molar-refractivity contribution in [2.45, 2.75) is 40.4 Å². The van der Waals surface area contributed by atoms with Crippen molar-refractivity contribution in [3.05, 3.63) is 74.5 Å². The van der Waals surface area contributed by atoms with Crippen molar-refractivity contribution < 1.29 is 22.8 Å². The molecule has 0 aromatic carbocycles. The van der Waals surface area contributed by atoms with E-state index in [1.807, 2.05) is 0 Å². The topological polar surface area (TPSA) is 141 Å². The molecule has 0 saturated carbocycles. The monoisotopic (exact) mass is 557 g/mol. The molecule has 1 N–H and O–H groups in total. The first-order valence-electron chi connectivity index (χ1n) is 11.9. The highest BCUT2D eigenvalue weighted by atomic mass is 19.4. The van der Waals surface area contributed by atoms with E-state index < -0.39 is 35.1 Å². The Balaban J connectivity index is 1.74. The lowest BCUT2D eigenvalue weighted by Crippen LogP contribution is -2.41. The smallest absolute Gasteiger partial charge is 0.310 e. The second-order valence-corrected chi connectivity index (χ2v) is 9.03. The van der Waals surface area contributed by atoms with E-state index in [1.54, 1.807) is 32.1 Å². The van der Waals surface area contributed by atoms with E-state index in [4.69, 9.17) is 0 Å². The van der Waals surface area contributed by atoms with Gasteiger partial charge >= 0.3 is 11.9 Å². The summed E-state index contributed by atoms with van der Waals surface area (Å²) >= 11 is 0. The van der Waals surface area contributed by atoms with Crippen LogP contribution in [0.1, 0.15) is 32.2 Å². The fraction of sp³-hybridized carbons (Fsp3) is 0.308. The summed E-state index contributed by atoms with van der Waals surface area (Å²) in [5, 5.41) is 2.64. The number of carbonyl (C=O) groups excluding carboxylic acids is 2. The third kappa shape index (κ3) is 7.01. The Morgan fingerprint density at radius 2 is 1.80 bits per heavy atom. The summed E-state index contributed by atoms with van der Waals surface area (Å²) in [6.45, 7) is 5.75. The fourth-order valence-electron chi connectivity index (χ4n) is 3.64. The molecule has 0 aliphatic carbocycles. The van der Waals surface area contributed by atoms with Crippen LogP contribution in [0.25, 0.3) is 11.3 Å². The summed E-state index contributed by atoms with van der Waals surface area (Å²) in [5.41, 5.74) is -0.0389. The third-order valence-corrected chi connectivity index (χ3v) is 5.64. The normalized spacial score (nSPS) is 12.9. The van der Waals surface area contributed by atoms with E-state index in [2.05, 4.69) is 25.3 Å². The molecule has 3 aromatic heterocycles. The highest BCUT2D eigenvalue weighted by Gasteiger charge is 2.34. The molecule has 0 aliphatic heterocycles. The zero-order valence-electron chi connectivity index (χ0n) is 22.3. The van der Waals surface area contributed by atoms with Crippen molar-refractivity contribution in [2.75, 3.05) is 5.32 Å². The predicted octanol–water partition coefficient (Wildman–Crippen LogP) is 3.24. The number of rotatable bonds is 8. The highest BCUT2D eigenvalue weighted by Crippen LogP contribution is 2.27. The number of hydrogen-bond donors (Lipinski definition) is 1. The van der Waals surface area contributed by atoms with E-state index in [9.17, 15) is 32.3 Å². The number of carbonyl (C=O) groups is 2. The van der Waals surface area contributed by atoms with Crippen LogP contribution in [0.15, 0.2) is 56.8 Å². The van der Waals surface area contributed by atoms with E-state index >= 15 is 0 Å². The third-order valence-electron chi connectivity index (χ3n) is 5.64. The Hall–Kier alpha value is -4.75. The van der Waals surface area contributed by atoms with Crippen molar-refractivity contribution in [3.8, 4) is 11.3 Å². The maximum atomic E-state index is 12.7. The molecule has 0 bridgehead atoms. The maximum absolute atomic E-state index is 12.7. The lowest BCUT2D eigenvalue weighted by Gasteiger charge is -2.11. The summed E-state index contributed by atoms with van der Waals surface area (Å²) < 4.78 is 40.1. The van der Waals surface area contributed by atoms with Gasteiger partial charge in [0.2, 0.25) is 11.7 Å². The molecule has 14 heteroatoms. The molecule has 11 nitrogen and oxygen atoms in total. The number of nitrogens with one attached hydrogen (secondary N) is 1. The minimum absolute atomic E-state index is 0.118. The maximum Gasteiger partial charge on any atom is 0.451 e. The number of alkyl halides is 3. The van der Waals surface area contributed by atoms with E-state index in [0.29, 0.717) is 5.57 Å². The molecule has 3 aromatic rings. The van der Waals surface area contributed by atoms with Gasteiger partial charge in [0.05, 0.1) is 23.7 Å². The van der Waals surface area contributed by atoms with E-state index in [-0.39, 0.29) is 40.8 Å². The van der Waals surface area contributed by atoms with Crippen LogP contribution in [0, 0.1) is 12.8 Å². The standard InChI is InChI=1S/C26H26F3N7O4/c1-14(10-30-21-17(4)23(39)36(13-16(3)37)25(40)35(21)5)9-15(2)22(38)34-20-8-6-7-19(33-20)18-11-31-24(32-12-18)26(27,28)29/h6-12,15H,13H2,1-5H3,(H,33,34,38)/b14-9-,30-10-/t15-/m1/s1. The molecular weight excluding hydrogens is 531 g/mol. The van der Waals surface area contributed by atoms with Crippen LogP contribution in [-0.2, 0) is 29.4 Å². The number of allylic oxidation sites excluding steroid dienone is 1. The number of anilines is 1. The first-order chi connectivity index (χ1) is 18.7. The lowest BCUT2D eigenvalue weighted by molar-refractivity contribution is -0.145. The number of Topliss-reactive ketones (excluding diaryl/α,β-unsaturated/α-hetero) is 1. The van der Waals surface area contributed by atoms with Crippen LogP contribution >= 0.6 is 0 Å². The number of ketones is 1. The first kappa shape index (κ1) is 29.8. The first-order valence-corrected chi connectivity index (χ1v) is 11.9. The van der Waals surface area contributed by atoms with Crippen molar-refractivity contribution >= 4 is 29.5 Å². The van der Waals surface area contributed by atoms with Gasteiger partial charge in [0.25, 0.3) is 5.56 Å². The molecule has 1 atom stereocenters. The summed E-state index contributed by atoms with van der Waals surface area (Å²) in [6.07, 6.45) is 0.352. The minimum atomic E-state index is -4.66. The van der Waals surface area contributed by atoms with Gasteiger partial charge in [-0.05, 0) is 38.5 Å². The molecule has 0 aliphatic rings. The van der Waals surface area contributed by atoms with Crippen molar-refractivity contribution in [1.82, 2.24) is 24.1 Å². The fourth-order valence-corrected chi connectivity index (χ4v) is 3.64. The van der Waals surface area contributed by atoms with Crippen LogP contribution in [0.2, 0.25) is 0 Å². The van der Waals surface area contributed by atoms with Crippen molar-refractivity contribution in [2.24, 2.45) is 18.0 Å². The Kier molecular flexibility index (Phi) is 8.92. The zero-order chi connectivity index (χ0) is 29.8. The van der Waals surface area contributed by atoms with Gasteiger partial charge in [0.1, 0.15) is 17.4 Å². The molecule has 0 radical (unpaired) electrons. The van der Waals surface area contributed by atoms with Gasteiger partial charge in [0.15, 0.2) is 0 Å². The van der Waals surface area contributed by atoms with Crippen LogP contribution in [0.3, 0.4) is 0 Å². The number of amides is 1. The molecule has 0 saturated heterocycles. The van der Waals surface area contributed by atoms with E-state index in [1.165, 1.54) is 37.7 Å². The summed E-state index contributed by atoms with van der Waals surface area (Å²) in [7, 11) is 1.44. The number of halogens is 3. The Labute approximate surface area is 226 Å². The predicted molar refractivity (Wildman–Crippen MR) is 141 cm³/mol. The minimum Gasteiger partial charge on any atom is -0.310 e. The summed E-state index contributed by atoms with van der Waals surface area (Å²) in [5.74, 6) is -2.39. The molecule has 3 heterocycles.